The van der Waals surface area contributed by atoms with Gasteiger partial charge in [-0.05, 0) is 12.8 Å². The molecule has 0 amide bonds. The summed E-state index contributed by atoms with van der Waals surface area (Å²) in [6.07, 6.45) is 4.95. The highest BCUT2D eigenvalue weighted by atomic mass is 16.7. The zero-order valence-electron chi connectivity index (χ0n) is 13.0. The SMILES string of the molecule is COC[C@H]1CCCN1OC(=O)c1cnc(-c2ccccc2)nc1. The summed E-state index contributed by atoms with van der Waals surface area (Å²) >= 11 is 0. The van der Waals surface area contributed by atoms with E-state index in [2.05, 4.69) is 9.97 Å². The minimum absolute atomic E-state index is 0.119. The van der Waals surface area contributed by atoms with Gasteiger partial charge in [0.25, 0.3) is 0 Å². The third-order valence-corrected chi connectivity index (χ3v) is 3.80. The van der Waals surface area contributed by atoms with E-state index >= 15 is 0 Å². The molecule has 23 heavy (non-hydrogen) atoms. The highest BCUT2D eigenvalue weighted by Gasteiger charge is 2.28. The zero-order valence-corrected chi connectivity index (χ0v) is 13.0. The van der Waals surface area contributed by atoms with Crippen LogP contribution >= 0.6 is 0 Å². The molecule has 6 heteroatoms. The molecule has 0 bridgehead atoms. The first-order chi connectivity index (χ1) is 11.3. The van der Waals surface area contributed by atoms with Crippen molar-refractivity contribution >= 4 is 5.97 Å². The molecule has 6 nitrogen and oxygen atoms in total. The number of carbonyl (C=O) groups is 1. The average molecular weight is 313 g/mol. The van der Waals surface area contributed by atoms with Gasteiger partial charge in [-0.2, -0.15) is 0 Å². The van der Waals surface area contributed by atoms with E-state index in [0.717, 1.165) is 24.9 Å². The highest BCUT2D eigenvalue weighted by Crippen LogP contribution is 2.19. The summed E-state index contributed by atoms with van der Waals surface area (Å²) in [5.74, 6) is 0.146. The van der Waals surface area contributed by atoms with Crippen molar-refractivity contribution in [3.05, 3.63) is 48.3 Å². The predicted octanol–water partition coefficient (Wildman–Crippen LogP) is 2.33. The van der Waals surface area contributed by atoms with Gasteiger partial charge in [-0.3, -0.25) is 0 Å². The van der Waals surface area contributed by atoms with Crippen molar-refractivity contribution in [2.75, 3.05) is 20.3 Å². The second-order valence-corrected chi connectivity index (χ2v) is 5.43. The van der Waals surface area contributed by atoms with Crippen LogP contribution in [0.1, 0.15) is 23.2 Å². The molecule has 0 unspecified atom stereocenters. The normalized spacial score (nSPS) is 18.0. The largest absolute Gasteiger partial charge is 0.383 e. The molecular weight excluding hydrogens is 294 g/mol. The molecule has 0 radical (unpaired) electrons. The quantitative estimate of drug-likeness (QED) is 0.844. The van der Waals surface area contributed by atoms with Crippen LogP contribution in [0.25, 0.3) is 11.4 Å². The highest BCUT2D eigenvalue weighted by molar-refractivity contribution is 5.88. The van der Waals surface area contributed by atoms with Gasteiger partial charge in [-0.1, -0.05) is 30.3 Å². The predicted molar refractivity (Wildman–Crippen MR) is 84.5 cm³/mol. The maximum Gasteiger partial charge on any atom is 0.360 e. The summed E-state index contributed by atoms with van der Waals surface area (Å²) < 4.78 is 5.15. The van der Waals surface area contributed by atoms with Crippen LogP contribution < -0.4 is 0 Å². The first-order valence-corrected chi connectivity index (χ1v) is 7.63. The van der Waals surface area contributed by atoms with Crippen molar-refractivity contribution in [2.24, 2.45) is 0 Å². The number of hydrogen-bond acceptors (Lipinski definition) is 6. The Balaban J connectivity index is 1.66. The van der Waals surface area contributed by atoms with Crippen LogP contribution in [-0.4, -0.2) is 47.3 Å². The average Bonchev–Trinajstić information content (AvgIpc) is 3.03. The number of benzene rings is 1. The van der Waals surface area contributed by atoms with E-state index in [1.165, 1.54) is 12.4 Å². The summed E-state index contributed by atoms with van der Waals surface area (Å²) in [5.41, 5.74) is 1.25. The maximum absolute atomic E-state index is 12.2. The molecule has 0 spiro atoms. The molecule has 0 N–H and O–H groups in total. The Morgan fingerprint density at radius 2 is 2.00 bits per heavy atom. The number of hydrogen-bond donors (Lipinski definition) is 0. The minimum atomic E-state index is -0.437. The van der Waals surface area contributed by atoms with Crippen molar-refractivity contribution in [1.82, 2.24) is 15.0 Å². The lowest BCUT2D eigenvalue weighted by Crippen LogP contribution is -2.35. The van der Waals surface area contributed by atoms with Crippen LogP contribution in [0.4, 0.5) is 0 Å². The van der Waals surface area contributed by atoms with Crippen LogP contribution in [0.3, 0.4) is 0 Å². The van der Waals surface area contributed by atoms with E-state index in [4.69, 9.17) is 9.57 Å². The number of hydroxylamine groups is 2. The van der Waals surface area contributed by atoms with Crippen molar-refractivity contribution in [2.45, 2.75) is 18.9 Å². The molecule has 120 valence electrons. The topological polar surface area (TPSA) is 64.6 Å². The van der Waals surface area contributed by atoms with E-state index in [9.17, 15) is 4.79 Å². The fraction of sp³-hybridized carbons (Fsp3) is 0.353. The monoisotopic (exact) mass is 313 g/mol. The second kappa shape index (κ2) is 7.30. The molecule has 0 saturated carbocycles. The first kappa shape index (κ1) is 15.6. The number of carbonyl (C=O) groups excluding carboxylic acids is 1. The van der Waals surface area contributed by atoms with Gasteiger partial charge >= 0.3 is 5.97 Å². The molecule has 1 atom stereocenters. The lowest BCUT2D eigenvalue weighted by atomic mass is 10.2. The molecule has 2 heterocycles. The lowest BCUT2D eigenvalue weighted by molar-refractivity contribution is -0.129. The summed E-state index contributed by atoms with van der Waals surface area (Å²) in [7, 11) is 1.65. The molecule has 1 aromatic heterocycles. The van der Waals surface area contributed by atoms with Gasteiger partial charge in [-0.15, -0.1) is 5.06 Å². The first-order valence-electron chi connectivity index (χ1n) is 7.63. The minimum Gasteiger partial charge on any atom is -0.383 e. The Hall–Kier alpha value is -2.31. The standard InChI is InChI=1S/C17H19N3O3/c1-22-12-15-8-5-9-20(15)23-17(21)14-10-18-16(19-11-14)13-6-3-2-4-7-13/h2-4,6-7,10-11,15H,5,8-9,12H2,1H3/t15-/m1/s1. The molecule has 3 rings (SSSR count). The number of aromatic nitrogens is 2. The molecule has 1 aromatic carbocycles. The van der Waals surface area contributed by atoms with Crippen LogP contribution in [0, 0.1) is 0 Å². The molecule has 0 aliphatic carbocycles. The number of ether oxygens (including phenoxy) is 1. The second-order valence-electron chi connectivity index (χ2n) is 5.43. The molecule has 1 aliphatic rings. The summed E-state index contributed by atoms with van der Waals surface area (Å²) in [4.78, 5) is 26.1. The zero-order chi connectivity index (χ0) is 16.1. The van der Waals surface area contributed by atoms with Gasteiger partial charge in [0, 0.05) is 31.6 Å². The van der Waals surface area contributed by atoms with Crippen LogP contribution in [0.15, 0.2) is 42.7 Å². The van der Waals surface area contributed by atoms with Crippen LogP contribution in [0.2, 0.25) is 0 Å². The van der Waals surface area contributed by atoms with Gasteiger partial charge in [0.15, 0.2) is 5.82 Å². The summed E-state index contributed by atoms with van der Waals surface area (Å²) in [5, 5.41) is 1.69. The molecule has 1 aliphatic heterocycles. The fourth-order valence-electron chi connectivity index (χ4n) is 2.62. The number of nitrogens with zero attached hydrogens (tertiary/aromatic N) is 3. The fourth-order valence-corrected chi connectivity index (χ4v) is 2.62. The van der Waals surface area contributed by atoms with Gasteiger partial charge in [0.2, 0.25) is 0 Å². The van der Waals surface area contributed by atoms with Gasteiger partial charge in [-0.25, -0.2) is 14.8 Å². The smallest absolute Gasteiger partial charge is 0.360 e. The van der Waals surface area contributed by atoms with E-state index in [0.29, 0.717) is 18.0 Å². The third-order valence-electron chi connectivity index (χ3n) is 3.80. The number of methoxy groups -OCH3 is 1. The Morgan fingerprint density at radius 1 is 1.26 bits per heavy atom. The van der Waals surface area contributed by atoms with Crippen molar-refractivity contribution < 1.29 is 14.4 Å². The molecule has 2 aromatic rings. The van der Waals surface area contributed by atoms with Crippen LogP contribution in [0.5, 0.6) is 0 Å². The van der Waals surface area contributed by atoms with Crippen molar-refractivity contribution in [3.63, 3.8) is 0 Å². The summed E-state index contributed by atoms with van der Waals surface area (Å²) in [6, 6.07) is 9.74. The van der Waals surface area contributed by atoms with Gasteiger partial charge in [0.1, 0.15) is 0 Å². The summed E-state index contributed by atoms with van der Waals surface area (Å²) in [6.45, 7) is 1.28. The molecule has 1 fully saturated rings. The van der Waals surface area contributed by atoms with E-state index < -0.39 is 5.97 Å². The van der Waals surface area contributed by atoms with E-state index in [-0.39, 0.29) is 6.04 Å². The Labute approximate surface area is 135 Å². The maximum atomic E-state index is 12.2. The van der Waals surface area contributed by atoms with Gasteiger partial charge < -0.3 is 9.57 Å². The third kappa shape index (κ3) is 3.72. The lowest BCUT2D eigenvalue weighted by Gasteiger charge is -2.22. The van der Waals surface area contributed by atoms with E-state index in [1.54, 1.807) is 12.2 Å². The Morgan fingerprint density at radius 3 is 2.70 bits per heavy atom. The Kier molecular flexibility index (Phi) is 4.95. The van der Waals surface area contributed by atoms with Gasteiger partial charge in [0.05, 0.1) is 18.2 Å². The van der Waals surface area contributed by atoms with E-state index in [1.807, 2.05) is 30.3 Å². The Bertz CT molecular complexity index is 646. The molecule has 1 saturated heterocycles. The van der Waals surface area contributed by atoms with Crippen LogP contribution in [-0.2, 0) is 9.57 Å². The van der Waals surface area contributed by atoms with Crippen molar-refractivity contribution in [3.8, 4) is 11.4 Å². The molecular formula is C17H19N3O3. The number of rotatable bonds is 5. The van der Waals surface area contributed by atoms with Crippen molar-refractivity contribution in [1.29, 1.82) is 0 Å².